The lowest BCUT2D eigenvalue weighted by atomic mass is 9.77. The number of methoxy groups -OCH3 is 1. The highest BCUT2D eigenvalue weighted by Crippen LogP contribution is 2.40. The molecule has 1 unspecified atom stereocenters. The Hall–Kier alpha value is -1.94. The summed E-state index contributed by atoms with van der Waals surface area (Å²) in [4.78, 5) is 0. The Bertz CT molecular complexity index is 579. The topological polar surface area (TPSA) is 55.2 Å². The molecule has 4 nitrogen and oxygen atoms in total. The SMILES string of the molecule is COc1ccc(C(O)c2ccccc2C2CCC2)nn1. The molecule has 20 heavy (non-hydrogen) atoms. The van der Waals surface area contributed by atoms with Gasteiger partial charge in [-0.1, -0.05) is 30.7 Å². The fraction of sp³-hybridized carbons (Fsp3) is 0.375. The molecule has 0 aliphatic heterocycles. The maximum absolute atomic E-state index is 10.6. The molecule has 1 aliphatic carbocycles. The van der Waals surface area contributed by atoms with Gasteiger partial charge in [0.1, 0.15) is 6.10 Å². The molecule has 1 N–H and O–H groups in total. The summed E-state index contributed by atoms with van der Waals surface area (Å²) >= 11 is 0. The van der Waals surface area contributed by atoms with Crippen LogP contribution in [0.1, 0.15) is 48.1 Å². The largest absolute Gasteiger partial charge is 0.480 e. The second-order valence-electron chi connectivity index (χ2n) is 5.16. The molecule has 1 atom stereocenters. The van der Waals surface area contributed by atoms with Gasteiger partial charge in [-0.15, -0.1) is 10.2 Å². The highest BCUT2D eigenvalue weighted by Gasteiger charge is 2.25. The second kappa shape index (κ2) is 5.59. The molecular weight excluding hydrogens is 252 g/mol. The highest BCUT2D eigenvalue weighted by atomic mass is 16.5. The van der Waals surface area contributed by atoms with E-state index in [9.17, 15) is 5.11 Å². The smallest absolute Gasteiger partial charge is 0.233 e. The molecule has 0 bridgehead atoms. The van der Waals surface area contributed by atoms with Gasteiger partial charge in [0.05, 0.1) is 12.8 Å². The molecular formula is C16H18N2O2. The first-order valence-electron chi connectivity index (χ1n) is 6.94. The van der Waals surface area contributed by atoms with Crippen molar-refractivity contribution in [2.24, 2.45) is 0 Å². The van der Waals surface area contributed by atoms with E-state index in [0.717, 1.165) is 5.56 Å². The first kappa shape index (κ1) is 13.1. The number of aromatic nitrogens is 2. The normalized spacial score (nSPS) is 16.5. The minimum atomic E-state index is -0.731. The van der Waals surface area contributed by atoms with Crippen LogP contribution in [-0.2, 0) is 0 Å². The third-order valence-corrected chi connectivity index (χ3v) is 3.99. The third-order valence-electron chi connectivity index (χ3n) is 3.99. The van der Waals surface area contributed by atoms with Crippen LogP contribution < -0.4 is 4.74 Å². The fourth-order valence-electron chi connectivity index (χ4n) is 2.60. The van der Waals surface area contributed by atoms with Crippen molar-refractivity contribution >= 4 is 0 Å². The van der Waals surface area contributed by atoms with Gasteiger partial charge in [0, 0.05) is 6.07 Å². The van der Waals surface area contributed by atoms with E-state index in [1.807, 2.05) is 18.2 Å². The molecule has 1 heterocycles. The minimum Gasteiger partial charge on any atom is -0.480 e. The number of ether oxygens (including phenoxy) is 1. The van der Waals surface area contributed by atoms with Gasteiger partial charge in [-0.2, -0.15) is 0 Å². The maximum Gasteiger partial charge on any atom is 0.233 e. The molecule has 1 saturated carbocycles. The van der Waals surface area contributed by atoms with Gasteiger partial charge in [0.2, 0.25) is 5.88 Å². The Balaban J connectivity index is 1.90. The zero-order valence-electron chi connectivity index (χ0n) is 11.5. The van der Waals surface area contributed by atoms with E-state index in [2.05, 4.69) is 16.3 Å². The predicted molar refractivity (Wildman–Crippen MR) is 75.7 cm³/mol. The Morgan fingerprint density at radius 3 is 2.55 bits per heavy atom. The molecule has 1 aromatic heterocycles. The van der Waals surface area contributed by atoms with E-state index in [4.69, 9.17) is 4.74 Å². The van der Waals surface area contributed by atoms with Crippen molar-refractivity contribution in [2.75, 3.05) is 7.11 Å². The van der Waals surface area contributed by atoms with Crippen molar-refractivity contribution in [3.63, 3.8) is 0 Å². The van der Waals surface area contributed by atoms with Crippen LogP contribution in [0.15, 0.2) is 36.4 Å². The number of aliphatic hydroxyl groups is 1. The Morgan fingerprint density at radius 2 is 1.95 bits per heavy atom. The van der Waals surface area contributed by atoms with Crippen molar-refractivity contribution in [3.05, 3.63) is 53.2 Å². The lowest BCUT2D eigenvalue weighted by Crippen LogP contribution is -2.14. The van der Waals surface area contributed by atoms with Gasteiger partial charge in [-0.25, -0.2) is 0 Å². The summed E-state index contributed by atoms with van der Waals surface area (Å²) in [7, 11) is 1.55. The van der Waals surface area contributed by atoms with Crippen LogP contribution in [-0.4, -0.2) is 22.4 Å². The predicted octanol–water partition coefficient (Wildman–Crippen LogP) is 2.83. The monoisotopic (exact) mass is 270 g/mol. The van der Waals surface area contributed by atoms with Crippen molar-refractivity contribution in [1.29, 1.82) is 0 Å². The van der Waals surface area contributed by atoms with Gasteiger partial charge in [0.25, 0.3) is 0 Å². The number of aliphatic hydroxyl groups excluding tert-OH is 1. The summed E-state index contributed by atoms with van der Waals surface area (Å²) in [5.74, 6) is 1.03. The average molecular weight is 270 g/mol. The number of benzene rings is 1. The van der Waals surface area contributed by atoms with E-state index in [1.54, 1.807) is 19.2 Å². The van der Waals surface area contributed by atoms with Crippen LogP contribution in [0, 0.1) is 0 Å². The molecule has 1 aliphatic rings. The average Bonchev–Trinajstić information content (AvgIpc) is 2.45. The fourth-order valence-corrected chi connectivity index (χ4v) is 2.60. The van der Waals surface area contributed by atoms with Gasteiger partial charge in [0.15, 0.2) is 0 Å². The molecule has 3 rings (SSSR count). The van der Waals surface area contributed by atoms with Crippen LogP contribution in [0.5, 0.6) is 5.88 Å². The standard InChI is InChI=1S/C16H18N2O2/c1-20-15-10-9-14(17-18-15)16(19)13-8-3-2-7-12(13)11-5-4-6-11/h2-3,7-11,16,19H,4-6H2,1H3. The number of rotatable bonds is 4. The van der Waals surface area contributed by atoms with E-state index in [-0.39, 0.29) is 0 Å². The maximum atomic E-state index is 10.6. The van der Waals surface area contributed by atoms with Crippen molar-refractivity contribution in [2.45, 2.75) is 31.3 Å². The summed E-state index contributed by atoms with van der Waals surface area (Å²) in [6.45, 7) is 0. The van der Waals surface area contributed by atoms with Crippen LogP contribution in [0.4, 0.5) is 0 Å². The summed E-state index contributed by atoms with van der Waals surface area (Å²) < 4.78 is 4.99. The zero-order chi connectivity index (χ0) is 13.9. The van der Waals surface area contributed by atoms with E-state index in [1.165, 1.54) is 24.8 Å². The summed E-state index contributed by atoms with van der Waals surface area (Å²) in [6, 6.07) is 11.6. The van der Waals surface area contributed by atoms with Crippen LogP contribution in [0.3, 0.4) is 0 Å². The quantitative estimate of drug-likeness (QED) is 0.928. The summed E-state index contributed by atoms with van der Waals surface area (Å²) in [6.07, 6.45) is 2.96. The minimum absolute atomic E-state index is 0.452. The molecule has 0 spiro atoms. The van der Waals surface area contributed by atoms with Crippen molar-refractivity contribution < 1.29 is 9.84 Å². The molecule has 0 saturated heterocycles. The van der Waals surface area contributed by atoms with Crippen molar-refractivity contribution in [3.8, 4) is 5.88 Å². The first-order chi connectivity index (χ1) is 9.79. The highest BCUT2D eigenvalue weighted by molar-refractivity contribution is 5.37. The second-order valence-corrected chi connectivity index (χ2v) is 5.16. The lowest BCUT2D eigenvalue weighted by Gasteiger charge is -2.29. The molecule has 1 fully saturated rings. The number of hydrogen-bond acceptors (Lipinski definition) is 4. The number of hydrogen-bond donors (Lipinski definition) is 1. The van der Waals surface area contributed by atoms with Crippen LogP contribution in [0.25, 0.3) is 0 Å². The van der Waals surface area contributed by atoms with Gasteiger partial charge in [-0.05, 0) is 36.0 Å². The Labute approximate surface area is 118 Å². The van der Waals surface area contributed by atoms with E-state index < -0.39 is 6.10 Å². The Morgan fingerprint density at radius 1 is 1.15 bits per heavy atom. The molecule has 104 valence electrons. The third kappa shape index (κ3) is 2.39. The number of nitrogens with zero attached hydrogens (tertiary/aromatic N) is 2. The van der Waals surface area contributed by atoms with E-state index in [0.29, 0.717) is 17.5 Å². The van der Waals surface area contributed by atoms with E-state index >= 15 is 0 Å². The lowest BCUT2D eigenvalue weighted by molar-refractivity contribution is 0.210. The summed E-state index contributed by atoms with van der Waals surface area (Å²) in [5.41, 5.74) is 2.73. The molecule has 0 radical (unpaired) electrons. The molecule has 2 aromatic rings. The van der Waals surface area contributed by atoms with Crippen LogP contribution >= 0.6 is 0 Å². The first-order valence-corrected chi connectivity index (χ1v) is 6.94. The van der Waals surface area contributed by atoms with Crippen molar-refractivity contribution in [1.82, 2.24) is 10.2 Å². The molecule has 4 heteroatoms. The van der Waals surface area contributed by atoms with Gasteiger partial charge in [-0.3, -0.25) is 0 Å². The van der Waals surface area contributed by atoms with Gasteiger partial charge >= 0.3 is 0 Å². The zero-order valence-corrected chi connectivity index (χ0v) is 11.5. The molecule has 1 aromatic carbocycles. The Kier molecular flexibility index (Phi) is 3.65. The summed E-state index contributed by atoms with van der Waals surface area (Å²) in [5, 5.41) is 18.5. The van der Waals surface area contributed by atoms with Gasteiger partial charge < -0.3 is 9.84 Å². The van der Waals surface area contributed by atoms with Crippen LogP contribution in [0.2, 0.25) is 0 Å². The molecule has 0 amide bonds.